The summed E-state index contributed by atoms with van der Waals surface area (Å²) < 4.78 is 0. The number of Topliss-reactive ketones (excluding diaryl/α,β-unsaturated/α-hetero) is 2. The van der Waals surface area contributed by atoms with E-state index in [1.807, 2.05) is 12.1 Å². The first kappa shape index (κ1) is 16.7. The molecule has 0 spiro atoms. The van der Waals surface area contributed by atoms with Crippen LogP contribution in [0.5, 0.6) is 0 Å². The molecule has 0 unspecified atom stereocenters. The third-order valence-electron chi connectivity index (χ3n) is 3.47. The summed E-state index contributed by atoms with van der Waals surface area (Å²) in [5.41, 5.74) is 1.55. The second kappa shape index (κ2) is 7.57. The van der Waals surface area contributed by atoms with Gasteiger partial charge in [0.15, 0.2) is 5.78 Å². The quantitative estimate of drug-likeness (QED) is 0.669. The van der Waals surface area contributed by atoms with Crippen LogP contribution >= 0.6 is 23.2 Å². The molecule has 1 atom stereocenters. The monoisotopic (exact) mass is 334 g/mol. The van der Waals surface area contributed by atoms with Crippen molar-refractivity contribution >= 4 is 34.8 Å². The van der Waals surface area contributed by atoms with Crippen LogP contribution in [0, 0.1) is 0 Å². The van der Waals surface area contributed by atoms with Crippen LogP contribution in [0.25, 0.3) is 0 Å². The molecule has 0 amide bonds. The largest absolute Gasteiger partial charge is 0.300 e. The molecule has 0 heterocycles. The Balaban J connectivity index is 2.19. The highest BCUT2D eigenvalue weighted by Crippen LogP contribution is 2.27. The number of hydrogen-bond acceptors (Lipinski definition) is 2. The molecule has 0 aliphatic rings. The van der Waals surface area contributed by atoms with Crippen molar-refractivity contribution in [1.29, 1.82) is 0 Å². The van der Waals surface area contributed by atoms with Crippen LogP contribution in [0.3, 0.4) is 0 Å². The van der Waals surface area contributed by atoms with E-state index in [4.69, 9.17) is 23.2 Å². The zero-order valence-electron chi connectivity index (χ0n) is 12.2. The van der Waals surface area contributed by atoms with Gasteiger partial charge in [0, 0.05) is 28.5 Å². The smallest absolute Gasteiger partial charge is 0.163 e. The van der Waals surface area contributed by atoms with Crippen molar-refractivity contribution in [2.75, 3.05) is 0 Å². The Morgan fingerprint density at radius 3 is 1.86 bits per heavy atom. The van der Waals surface area contributed by atoms with Gasteiger partial charge in [0.2, 0.25) is 0 Å². The Labute approximate surface area is 140 Å². The van der Waals surface area contributed by atoms with E-state index in [9.17, 15) is 9.59 Å². The third-order valence-corrected chi connectivity index (χ3v) is 3.98. The van der Waals surface area contributed by atoms with E-state index in [0.717, 1.165) is 5.56 Å². The van der Waals surface area contributed by atoms with E-state index in [-0.39, 0.29) is 23.9 Å². The van der Waals surface area contributed by atoms with E-state index in [0.29, 0.717) is 22.0 Å². The lowest BCUT2D eigenvalue weighted by atomic mass is 9.88. The minimum atomic E-state index is -0.141. The van der Waals surface area contributed by atoms with Crippen LogP contribution in [0.2, 0.25) is 10.0 Å². The summed E-state index contributed by atoms with van der Waals surface area (Å²) in [6, 6.07) is 14.1. The molecule has 114 valence electrons. The molecular formula is C18H16Cl2O2. The van der Waals surface area contributed by atoms with E-state index in [1.54, 1.807) is 36.4 Å². The molecule has 0 aromatic heterocycles. The summed E-state index contributed by atoms with van der Waals surface area (Å²) >= 11 is 11.7. The summed E-state index contributed by atoms with van der Waals surface area (Å²) in [6.45, 7) is 1.54. The molecule has 0 aliphatic heterocycles. The van der Waals surface area contributed by atoms with Crippen LogP contribution < -0.4 is 0 Å². The Hall–Kier alpha value is -1.64. The first-order chi connectivity index (χ1) is 10.5. The van der Waals surface area contributed by atoms with Crippen LogP contribution in [0.1, 0.15) is 41.6 Å². The summed E-state index contributed by atoms with van der Waals surface area (Å²) in [4.78, 5) is 23.9. The molecule has 0 saturated heterocycles. The van der Waals surface area contributed by atoms with E-state index < -0.39 is 0 Å². The summed E-state index contributed by atoms with van der Waals surface area (Å²) in [5, 5.41) is 1.23. The summed E-state index contributed by atoms with van der Waals surface area (Å²) in [6.07, 6.45) is 0.615. The van der Waals surface area contributed by atoms with Crippen LogP contribution in [0.15, 0.2) is 48.5 Å². The van der Waals surface area contributed by atoms with Crippen molar-refractivity contribution in [2.45, 2.75) is 25.7 Å². The Kier molecular flexibility index (Phi) is 5.76. The van der Waals surface area contributed by atoms with E-state index >= 15 is 0 Å². The maximum atomic E-state index is 12.4. The number of benzene rings is 2. The van der Waals surface area contributed by atoms with Gasteiger partial charge in [0.1, 0.15) is 5.78 Å². The van der Waals surface area contributed by atoms with Gasteiger partial charge in [0.05, 0.1) is 0 Å². The minimum absolute atomic E-state index is 0.00198. The first-order valence-corrected chi connectivity index (χ1v) is 7.75. The normalized spacial score (nSPS) is 12.0. The molecule has 2 aromatic carbocycles. The van der Waals surface area contributed by atoms with Gasteiger partial charge < -0.3 is 4.79 Å². The lowest BCUT2D eigenvalue weighted by Gasteiger charge is -2.15. The topological polar surface area (TPSA) is 34.1 Å². The fraction of sp³-hybridized carbons (Fsp3) is 0.222. The molecular weight excluding hydrogens is 319 g/mol. The van der Waals surface area contributed by atoms with Gasteiger partial charge in [-0.3, -0.25) is 4.79 Å². The van der Waals surface area contributed by atoms with Gasteiger partial charge in [-0.05, 0) is 54.8 Å². The minimum Gasteiger partial charge on any atom is -0.300 e. The van der Waals surface area contributed by atoms with Crippen molar-refractivity contribution in [3.63, 3.8) is 0 Å². The second-order valence-corrected chi connectivity index (χ2v) is 6.16. The van der Waals surface area contributed by atoms with Crippen molar-refractivity contribution < 1.29 is 9.59 Å². The van der Waals surface area contributed by atoms with Gasteiger partial charge in [0.25, 0.3) is 0 Å². The number of carbonyl (C=O) groups is 2. The average molecular weight is 335 g/mol. The lowest BCUT2D eigenvalue weighted by molar-refractivity contribution is -0.117. The first-order valence-electron chi connectivity index (χ1n) is 6.99. The molecule has 0 fully saturated rings. The molecule has 0 radical (unpaired) electrons. The Bertz CT molecular complexity index is 660. The number of halogens is 2. The van der Waals surface area contributed by atoms with E-state index in [2.05, 4.69) is 0 Å². The fourth-order valence-corrected chi connectivity index (χ4v) is 2.62. The highest BCUT2D eigenvalue weighted by molar-refractivity contribution is 6.30. The van der Waals surface area contributed by atoms with Crippen LogP contribution in [-0.2, 0) is 4.79 Å². The van der Waals surface area contributed by atoms with Crippen LogP contribution in [-0.4, -0.2) is 11.6 Å². The molecule has 0 aliphatic carbocycles. The van der Waals surface area contributed by atoms with Crippen LogP contribution in [0.4, 0.5) is 0 Å². The molecule has 0 bridgehead atoms. The molecule has 2 aromatic rings. The summed E-state index contributed by atoms with van der Waals surface area (Å²) in [7, 11) is 0. The van der Waals surface area contributed by atoms with E-state index in [1.165, 1.54) is 6.92 Å². The lowest BCUT2D eigenvalue weighted by Crippen LogP contribution is -2.11. The number of ketones is 2. The highest BCUT2D eigenvalue weighted by Gasteiger charge is 2.19. The van der Waals surface area contributed by atoms with Gasteiger partial charge in [-0.1, -0.05) is 35.3 Å². The SMILES string of the molecule is CC(=O)C[C@@H](CC(=O)c1ccc(Cl)cc1)c1ccc(Cl)cc1. The Morgan fingerprint density at radius 1 is 0.864 bits per heavy atom. The number of rotatable bonds is 6. The zero-order valence-corrected chi connectivity index (χ0v) is 13.7. The molecule has 2 nitrogen and oxygen atoms in total. The molecule has 4 heteroatoms. The predicted molar refractivity (Wildman–Crippen MR) is 89.9 cm³/mol. The van der Waals surface area contributed by atoms with Gasteiger partial charge in [-0.25, -0.2) is 0 Å². The van der Waals surface area contributed by atoms with Crippen molar-refractivity contribution in [2.24, 2.45) is 0 Å². The van der Waals surface area contributed by atoms with Gasteiger partial charge >= 0.3 is 0 Å². The Morgan fingerprint density at radius 2 is 1.36 bits per heavy atom. The van der Waals surface area contributed by atoms with Gasteiger partial charge in [-0.15, -0.1) is 0 Å². The predicted octanol–water partition coefficient (Wildman–Crippen LogP) is 5.33. The number of carbonyl (C=O) groups excluding carboxylic acids is 2. The highest BCUT2D eigenvalue weighted by atomic mass is 35.5. The van der Waals surface area contributed by atoms with Crippen molar-refractivity contribution in [3.8, 4) is 0 Å². The summed E-state index contributed by atoms with van der Waals surface area (Å²) in [5.74, 6) is -0.0836. The molecule has 0 N–H and O–H groups in total. The maximum absolute atomic E-state index is 12.4. The fourth-order valence-electron chi connectivity index (χ4n) is 2.37. The zero-order chi connectivity index (χ0) is 16.1. The van der Waals surface area contributed by atoms with Crippen molar-refractivity contribution in [3.05, 3.63) is 69.7 Å². The number of hydrogen-bond donors (Lipinski definition) is 0. The standard InChI is InChI=1S/C18H16Cl2O2/c1-12(21)10-15(13-2-6-16(19)7-3-13)11-18(22)14-4-8-17(20)9-5-14/h2-9,15H,10-11H2,1H3/t15-/m0/s1. The third kappa shape index (κ3) is 4.69. The molecule has 22 heavy (non-hydrogen) atoms. The van der Waals surface area contributed by atoms with Crippen molar-refractivity contribution in [1.82, 2.24) is 0 Å². The van der Waals surface area contributed by atoms with Gasteiger partial charge in [-0.2, -0.15) is 0 Å². The second-order valence-electron chi connectivity index (χ2n) is 5.29. The maximum Gasteiger partial charge on any atom is 0.163 e. The molecule has 2 rings (SSSR count). The molecule has 0 saturated carbocycles. The average Bonchev–Trinajstić information content (AvgIpc) is 2.47.